The topological polar surface area (TPSA) is 54.3 Å². The first-order chi connectivity index (χ1) is 9.51. The molecule has 4 nitrogen and oxygen atoms in total. The Morgan fingerprint density at radius 2 is 2.20 bits per heavy atom. The number of rotatable bonds is 4. The van der Waals surface area contributed by atoms with Gasteiger partial charge in [0.1, 0.15) is 11.4 Å². The minimum Gasteiger partial charge on any atom is -0.506 e. The fourth-order valence-corrected chi connectivity index (χ4v) is 2.46. The minimum atomic E-state index is -0.231. The molecule has 1 heterocycles. The molecule has 0 unspecified atom stereocenters. The largest absolute Gasteiger partial charge is 0.506 e. The maximum absolute atomic E-state index is 12.3. The van der Waals surface area contributed by atoms with E-state index in [0.717, 1.165) is 17.4 Å². The number of aromatic hydroxyl groups is 1. The lowest BCUT2D eigenvalue weighted by Gasteiger charge is -2.09. The normalized spacial score (nSPS) is 10.6. The molecule has 2 aromatic rings. The SMILES string of the molecule is CCCn1cc(Br)cc1C(=O)Nc1ccc(Cl)c(O)c1. The van der Waals surface area contributed by atoms with Gasteiger partial charge in [0.25, 0.3) is 5.91 Å². The van der Waals surface area contributed by atoms with Crippen molar-refractivity contribution in [1.82, 2.24) is 4.57 Å². The molecule has 0 fully saturated rings. The lowest BCUT2D eigenvalue weighted by molar-refractivity contribution is 0.101. The van der Waals surface area contributed by atoms with Crippen LogP contribution in [0.3, 0.4) is 0 Å². The van der Waals surface area contributed by atoms with E-state index in [4.69, 9.17) is 11.6 Å². The van der Waals surface area contributed by atoms with Gasteiger partial charge in [-0.3, -0.25) is 4.79 Å². The van der Waals surface area contributed by atoms with Crippen LogP contribution in [0.4, 0.5) is 5.69 Å². The van der Waals surface area contributed by atoms with E-state index >= 15 is 0 Å². The molecule has 0 aliphatic heterocycles. The summed E-state index contributed by atoms with van der Waals surface area (Å²) >= 11 is 9.10. The van der Waals surface area contributed by atoms with Gasteiger partial charge in [0.2, 0.25) is 0 Å². The van der Waals surface area contributed by atoms with Crippen LogP contribution in [0.1, 0.15) is 23.8 Å². The molecule has 1 aromatic carbocycles. The number of halogens is 2. The molecular weight excluding hydrogens is 344 g/mol. The number of aryl methyl sites for hydroxylation is 1. The van der Waals surface area contributed by atoms with Crippen LogP contribution in [0.25, 0.3) is 0 Å². The van der Waals surface area contributed by atoms with Gasteiger partial charge in [0.15, 0.2) is 0 Å². The Hall–Kier alpha value is -1.46. The molecule has 2 N–H and O–H groups in total. The first-order valence-electron chi connectivity index (χ1n) is 6.16. The van der Waals surface area contributed by atoms with E-state index in [1.807, 2.05) is 17.7 Å². The average Bonchev–Trinajstić information content (AvgIpc) is 2.75. The maximum Gasteiger partial charge on any atom is 0.272 e. The van der Waals surface area contributed by atoms with Gasteiger partial charge in [0.05, 0.1) is 5.02 Å². The predicted molar refractivity (Wildman–Crippen MR) is 83.5 cm³/mol. The number of hydrogen-bond acceptors (Lipinski definition) is 2. The van der Waals surface area contributed by atoms with E-state index < -0.39 is 0 Å². The third-order valence-electron chi connectivity index (χ3n) is 2.76. The lowest BCUT2D eigenvalue weighted by atomic mass is 10.3. The van der Waals surface area contributed by atoms with Crippen LogP contribution >= 0.6 is 27.5 Å². The minimum absolute atomic E-state index is 0.0606. The highest BCUT2D eigenvalue weighted by Crippen LogP contribution is 2.26. The van der Waals surface area contributed by atoms with Crippen molar-refractivity contribution in [3.8, 4) is 5.75 Å². The molecule has 2 rings (SSSR count). The third kappa shape index (κ3) is 3.35. The Balaban J connectivity index is 2.21. The highest BCUT2D eigenvalue weighted by molar-refractivity contribution is 9.10. The van der Waals surface area contributed by atoms with Crippen molar-refractivity contribution in [2.75, 3.05) is 5.32 Å². The molecule has 1 amide bonds. The molecule has 0 spiro atoms. The summed E-state index contributed by atoms with van der Waals surface area (Å²) < 4.78 is 2.74. The molecule has 0 aliphatic carbocycles. The maximum atomic E-state index is 12.3. The molecule has 0 radical (unpaired) electrons. The van der Waals surface area contributed by atoms with Crippen molar-refractivity contribution >= 4 is 39.1 Å². The van der Waals surface area contributed by atoms with Crippen LogP contribution in [0.2, 0.25) is 5.02 Å². The van der Waals surface area contributed by atoms with Crippen LogP contribution in [0, 0.1) is 0 Å². The molecule has 0 saturated carbocycles. The van der Waals surface area contributed by atoms with E-state index in [-0.39, 0.29) is 16.7 Å². The van der Waals surface area contributed by atoms with Gasteiger partial charge in [-0.15, -0.1) is 0 Å². The van der Waals surface area contributed by atoms with Gasteiger partial charge in [-0.2, -0.15) is 0 Å². The van der Waals surface area contributed by atoms with Crippen LogP contribution in [-0.2, 0) is 6.54 Å². The second-order valence-corrected chi connectivity index (χ2v) is 5.68. The summed E-state index contributed by atoms with van der Waals surface area (Å²) in [4.78, 5) is 12.3. The third-order valence-corrected chi connectivity index (χ3v) is 3.52. The standard InChI is InChI=1S/C14H14BrClN2O2/c1-2-5-18-8-9(15)6-12(18)14(20)17-10-3-4-11(16)13(19)7-10/h3-4,6-8,19H,2,5H2,1H3,(H,17,20). The summed E-state index contributed by atoms with van der Waals surface area (Å²) in [6, 6.07) is 6.36. The highest BCUT2D eigenvalue weighted by Gasteiger charge is 2.13. The molecule has 0 atom stereocenters. The van der Waals surface area contributed by atoms with Crippen LogP contribution in [0.5, 0.6) is 5.75 Å². The zero-order valence-corrected chi connectivity index (χ0v) is 13.2. The number of carbonyl (C=O) groups excluding carboxylic acids is 1. The molecule has 0 bridgehead atoms. The molecular formula is C14H14BrClN2O2. The molecule has 6 heteroatoms. The Morgan fingerprint density at radius 3 is 2.85 bits per heavy atom. The second kappa shape index (κ2) is 6.33. The number of carbonyl (C=O) groups is 1. The number of anilines is 1. The zero-order chi connectivity index (χ0) is 14.7. The fraction of sp³-hybridized carbons (Fsp3) is 0.214. The summed E-state index contributed by atoms with van der Waals surface area (Å²) in [6.45, 7) is 2.81. The van der Waals surface area contributed by atoms with Gasteiger partial charge in [-0.1, -0.05) is 18.5 Å². The second-order valence-electron chi connectivity index (χ2n) is 4.36. The summed E-state index contributed by atoms with van der Waals surface area (Å²) in [5.74, 6) is -0.291. The number of amides is 1. The number of nitrogens with zero attached hydrogens (tertiary/aromatic N) is 1. The van der Waals surface area contributed by atoms with Crippen LogP contribution in [0.15, 0.2) is 34.9 Å². The van der Waals surface area contributed by atoms with E-state index in [2.05, 4.69) is 21.2 Å². The molecule has 0 saturated heterocycles. The number of nitrogens with one attached hydrogen (secondary N) is 1. The number of hydrogen-bond donors (Lipinski definition) is 2. The highest BCUT2D eigenvalue weighted by atomic mass is 79.9. The average molecular weight is 358 g/mol. The van der Waals surface area contributed by atoms with Gasteiger partial charge in [0, 0.05) is 29.0 Å². The molecule has 106 valence electrons. The van der Waals surface area contributed by atoms with Crippen LogP contribution in [-0.4, -0.2) is 15.6 Å². The summed E-state index contributed by atoms with van der Waals surface area (Å²) in [5, 5.41) is 12.5. The van der Waals surface area contributed by atoms with Crippen molar-refractivity contribution in [3.63, 3.8) is 0 Å². The Kier molecular flexibility index (Phi) is 4.73. The van der Waals surface area contributed by atoms with E-state index in [0.29, 0.717) is 11.4 Å². The summed E-state index contributed by atoms with van der Waals surface area (Å²) in [6.07, 6.45) is 2.81. The Bertz CT molecular complexity index is 640. The van der Waals surface area contributed by atoms with Crippen molar-refractivity contribution in [1.29, 1.82) is 0 Å². The van der Waals surface area contributed by atoms with Gasteiger partial charge < -0.3 is 15.0 Å². The molecule has 1 aromatic heterocycles. The Morgan fingerprint density at radius 1 is 1.45 bits per heavy atom. The fourth-order valence-electron chi connectivity index (χ4n) is 1.88. The van der Waals surface area contributed by atoms with Crippen molar-refractivity contribution < 1.29 is 9.90 Å². The van der Waals surface area contributed by atoms with Crippen molar-refractivity contribution in [2.24, 2.45) is 0 Å². The predicted octanol–water partition coefficient (Wildman–Crippen LogP) is 4.27. The number of phenolic OH excluding ortho intramolecular Hbond substituents is 1. The first-order valence-corrected chi connectivity index (χ1v) is 7.34. The number of phenols is 1. The van der Waals surface area contributed by atoms with E-state index in [9.17, 15) is 9.90 Å². The molecule has 20 heavy (non-hydrogen) atoms. The summed E-state index contributed by atoms with van der Waals surface area (Å²) in [5.41, 5.74) is 1.06. The smallest absolute Gasteiger partial charge is 0.272 e. The van der Waals surface area contributed by atoms with E-state index in [1.165, 1.54) is 12.1 Å². The van der Waals surface area contributed by atoms with Crippen LogP contribution < -0.4 is 5.32 Å². The quantitative estimate of drug-likeness (QED) is 0.858. The van der Waals surface area contributed by atoms with Gasteiger partial charge >= 0.3 is 0 Å². The number of benzene rings is 1. The Labute approximate surface area is 130 Å². The first kappa shape index (κ1) is 14.9. The molecule has 0 aliphatic rings. The van der Waals surface area contributed by atoms with E-state index in [1.54, 1.807) is 12.1 Å². The van der Waals surface area contributed by atoms with Crippen molar-refractivity contribution in [3.05, 3.63) is 45.7 Å². The monoisotopic (exact) mass is 356 g/mol. The zero-order valence-electron chi connectivity index (χ0n) is 10.9. The van der Waals surface area contributed by atoms with Gasteiger partial charge in [-0.25, -0.2) is 0 Å². The van der Waals surface area contributed by atoms with Crippen molar-refractivity contribution in [2.45, 2.75) is 19.9 Å². The number of aromatic nitrogens is 1. The summed E-state index contributed by atoms with van der Waals surface area (Å²) in [7, 11) is 0. The lowest BCUT2D eigenvalue weighted by Crippen LogP contribution is -2.16. The van der Waals surface area contributed by atoms with Gasteiger partial charge in [-0.05, 0) is 40.5 Å².